The number of thiazole rings is 1. The Hall–Kier alpha value is -2.03. The number of quaternary nitrogens is 1. The maximum atomic E-state index is 13.3. The number of benzene rings is 1. The molecule has 154 valence electrons. The normalized spacial score (nSPS) is 17.0. The van der Waals surface area contributed by atoms with Gasteiger partial charge in [-0.05, 0) is 37.3 Å². The largest absolute Gasteiger partial charge is 0.868 e. The van der Waals surface area contributed by atoms with E-state index in [-0.39, 0.29) is 11.4 Å². The van der Waals surface area contributed by atoms with Gasteiger partial charge >= 0.3 is 0 Å². The van der Waals surface area contributed by atoms with Crippen molar-refractivity contribution in [3.05, 3.63) is 61.2 Å². The maximum absolute atomic E-state index is 13.3. The molecule has 1 amide bonds. The molecule has 0 fully saturated rings. The number of halogens is 1. The van der Waals surface area contributed by atoms with Crippen molar-refractivity contribution in [3.63, 3.8) is 0 Å². The van der Waals surface area contributed by atoms with Crippen molar-refractivity contribution in [1.82, 2.24) is 9.88 Å². The Bertz CT molecular complexity index is 966. The van der Waals surface area contributed by atoms with Crippen LogP contribution < -0.4 is 10.0 Å². The van der Waals surface area contributed by atoms with Gasteiger partial charge in [0.2, 0.25) is 11.7 Å². The molecule has 1 aliphatic rings. The number of aromatic nitrogens is 1. The Kier molecular flexibility index (Phi) is 6.55. The Morgan fingerprint density at radius 3 is 2.48 bits per heavy atom. The van der Waals surface area contributed by atoms with Gasteiger partial charge in [-0.3, -0.25) is 9.59 Å². The molecule has 0 saturated carbocycles. The van der Waals surface area contributed by atoms with Crippen LogP contribution in [0.4, 0.5) is 0 Å². The lowest BCUT2D eigenvalue weighted by Gasteiger charge is -2.28. The minimum Gasteiger partial charge on any atom is -0.868 e. The van der Waals surface area contributed by atoms with Gasteiger partial charge in [-0.2, -0.15) is 0 Å². The first-order valence-electron chi connectivity index (χ1n) is 9.46. The number of carbonyl (C=O) groups is 2. The van der Waals surface area contributed by atoms with E-state index in [2.05, 4.69) is 20.9 Å². The summed E-state index contributed by atoms with van der Waals surface area (Å²) in [5.41, 5.74) is 1.38. The Balaban J connectivity index is 2.03. The third-order valence-corrected chi connectivity index (χ3v) is 6.50. The van der Waals surface area contributed by atoms with Crippen LogP contribution in [0.1, 0.15) is 38.4 Å². The van der Waals surface area contributed by atoms with E-state index < -0.39 is 17.7 Å². The van der Waals surface area contributed by atoms with Crippen molar-refractivity contribution in [1.29, 1.82) is 0 Å². The van der Waals surface area contributed by atoms with Crippen molar-refractivity contribution in [2.75, 3.05) is 27.2 Å². The minimum atomic E-state index is -0.703. The predicted molar refractivity (Wildman–Crippen MR) is 114 cm³/mol. The Labute approximate surface area is 183 Å². The molecule has 6 nitrogen and oxygen atoms in total. The number of Topliss-reactive ketones (excluding diaryl/α,β-unsaturated/α-hetero) is 1. The molecule has 0 saturated heterocycles. The van der Waals surface area contributed by atoms with Gasteiger partial charge in [0.15, 0.2) is 0 Å². The number of rotatable bonds is 7. The van der Waals surface area contributed by atoms with E-state index in [0.717, 1.165) is 28.0 Å². The number of carbonyl (C=O) groups excluding carboxylic acids is 2. The number of nitrogens with one attached hydrogen (secondary N) is 1. The van der Waals surface area contributed by atoms with Gasteiger partial charge in [0, 0.05) is 23.0 Å². The fourth-order valence-corrected chi connectivity index (χ4v) is 4.70. The number of ketones is 1. The fraction of sp³-hybridized carbons (Fsp3) is 0.381. The van der Waals surface area contributed by atoms with E-state index in [4.69, 9.17) is 0 Å². The predicted octanol–water partition coefficient (Wildman–Crippen LogP) is 1.44. The summed E-state index contributed by atoms with van der Waals surface area (Å²) in [5.74, 6) is -1.69. The monoisotopic (exact) mass is 477 g/mol. The summed E-state index contributed by atoms with van der Waals surface area (Å²) >= 11 is 4.67. The van der Waals surface area contributed by atoms with E-state index in [9.17, 15) is 14.7 Å². The van der Waals surface area contributed by atoms with E-state index in [1.165, 1.54) is 16.2 Å². The molecule has 0 aliphatic carbocycles. The van der Waals surface area contributed by atoms with Gasteiger partial charge in [-0.25, -0.2) is 4.98 Å². The highest BCUT2D eigenvalue weighted by Crippen LogP contribution is 2.39. The van der Waals surface area contributed by atoms with Crippen molar-refractivity contribution in [2.45, 2.75) is 26.3 Å². The van der Waals surface area contributed by atoms with Crippen molar-refractivity contribution >= 4 is 39.0 Å². The van der Waals surface area contributed by atoms with E-state index >= 15 is 0 Å². The highest BCUT2D eigenvalue weighted by Gasteiger charge is 2.40. The zero-order chi connectivity index (χ0) is 21.3. The first-order valence-corrected chi connectivity index (χ1v) is 11.1. The molecule has 3 rings (SSSR count). The number of aryl methyl sites for hydroxylation is 2. The van der Waals surface area contributed by atoms with Crippen LogP contribution in [-0.2, 0) is 4.79 Å². The summed E-state index contributed by atoms with van der Waals surface area (Å²) in [6.07, 6.45) is 0.745. The molecule has 8 heteroatoms. The quantitative estimate of drug-likeness (QED) is 0.612. The molecule has 2 heterocycles. The van der Waals surface area contributed by atoms with Crippen molar-refractivity contribution in [2.24, 2.45) is 0 Å². The second kappa shape index (κ2) is 8.77. The third-order valence-electron chi connectivity index (χ3n) is 4.90. The molecule has 1 atom stereocenters. The standard InChI is InChI=1S/C21H24BrN3O3S/c1-12-20(29-13(2)23-12)18(26)16-17(14-6-8-15(22)9-7-14)25(21(28)19(16)27)11-5-10-24(3)4/h6-9,17,27H,5,10-11H2,1-4H3. The number of amides is 1. The van der Waals surface area contributed by atoms with Gasteiger partial charge in [0.05, 0.1) is 42.3 Å². The van der Waals surface area contributed by atoms with Crippen LogP contribution in [0.3, 0.4) is 0 Å². The summed E-state index contributed by atoms with van der Waals surface area (Å²) in [6, 6.07) is 6.74. The number of hydrogen-bond donors (Lipinski definition) is 1. The minimum absolute atomic E-state index is 0.0290. The molecule has 1 aromatic heterocycles. The molecule has 29 heavy (non-hydrogen) atoms. The van der Waals surface area contributed by atoms with Gasteiger partial charge < -0.3 is 14.9 Å². The molecular formula is C21H24BrN3O3S. The summed E-state index contributed by atoms with van der Waals surface area (Å²) in [6.45, 7) is 4.86. The van der Waals surface area contributed by atoms with E-state index in [0.29, 0.717) is 17.1 Å². The van der Waals surface area contributed by atoms with Crippen LogP contribution in [0.5, 0.6) is 0 Å². The van der Waals surface area contributed by atoms with Crippen LogP contribution >= 0.6 is 27.3 Å². The van der Waals surface area contributed by atoms with Crippen molar-refractivity contribution < 1.29 is 19.6 Å². The van der Waals surface area contributed by atoms with Gasteiger partial charge in [-0.15, -0.1) is 11.3 Å². The molecule has 1 aliphatic heterocycles. The number of nitrogens with zero attached hydrogens (tertiary/aromatic N) is 2. The molecule has 0 spiro atoms. The third kappa shape index (κ3) is 4.44. The van der Waals surface area contributed by atoms with Gasteiger partial charge in [0.25, 0.3) is 0 Å². The van der Waals surface area contributed by atoms with Crippen LogP contribution in [-0.4, -0.2) is 48.8 Å². The number of hydrogen-bond acceptors (Lipinski definition) is 5. The smallest absolute Gasteiger partial charge is 0.239 e. The summed E-state index contributed by atoms with van der Waals surface area (Å²) in [5, 5.41) is 13.7. The van der Waals surface area contributed by atoms with E-state index in [1.807, 2.05) is 45.3 Å². The lowest BCUT2D eigenvalue weighted by Crippen LogP contribution is -3.05. The van der Waals surface area contributed by atoms with Crippen LogP contribution in [0.25, 0.3) is 0 Å². The fourth-order valence-electron chi connectivity index (χ4n) is 3.56. The van der Waals surface area contributed by atoms with E-state index in [1.54, 1.807) is 11.8 Å². The second-order valence-electron chi connectivity index (χ2n) is 7.48. The first-order chi connectivity index (χ1) is 13.7. The molecule has 1 unspecified atom stereocenters. The van der Waals surface area contributed by atoms with Crippen LogP contribution in [0, 0.1) is 13.8 Å². The van der Waals surface area contributed by atoms with Gasteiger partial charge in [0.1, 0.15) is 0 Å². The van der Waals surface area contributed by atoms with Gasteiger partial charge in [-0.1, -0.05) is 28.1 Å². The van der Waals surface area contributed by atoms with Crippen molar-refractivity contribution in [3.8, 4) is 0 Å². The molecule has 1 aromatic carbocycles. The topological polar surface area (TPSA) is 77.8 Å². The molecule has 0 bridgehead atoms. The summed E-state index contributed by atoms with van der Waals surface area (Å²) in [7, 11) is 4.08. The lowest BCUT2D eigenvalue weighted by molar-refractivity contribution is -0.858. The maximum Gasteiger partial charge on any atom is 0.239 e. The first kappa shape index (κ1) is 21.7. The molecule has 1 N–H and O–H groups in total. The summed E-state index contributed by atoms with van der Waals surface area (Å²) < 4.78 is 0.890. The Morgan fingerprint density at radius 2 is 1.93 bits per heavy atom. The molecule has 2 aromatic rings. The second-order valence-corrected chi connectivity index (χ2v) is 9.60. The van der Waals surface area contributed by atoms with Crippen LogP contribution in [0.2, 0.25) is 0 Å². The Morgan fingerprint density at radius 1 is 1.28 bits per heavy atom. The SMILES string of the molecule is Cc1nc(C)c(C(=O)C2=C([O-])C(=O)N(CCC[NH+](C)C)C2c2ccc(Br)cc2)s1. The molecule has 0 radical (unpaired) electrons. The van der Waals surface area contributed by atoms with Crippen LogP contribution in [0.15, 0.2) is 40.1 Å². The highest BCUT2D eigenvalue weighted by atomic mass is 79.9. The average molecular weight is 478 g/mol. The average Bonchev–Trinajstić information content (AvgIpc) is 3.12. The zero-order valence-corrected chi connectivity index (χ0v) is 19.3. The highest BCUT2D eigenvalue weighted by molar-refractivity contribution is 9.10. The molecular weight excluding hydrogens is 454 g/mol. The zero-order valence-electron chi connectivity index (χ0n) is 16.9. The lowest BCUT2D eigenvalue weighted by atomic mass is 9.95. The summed E-state index contributed by atoms with van der Waals surface area (Å²) in [4.78, 5) is 33.7.